The van der Waals surface area contributed by atoms with Gasteiger partial charge >= 0.3 is 0 Å². The molecular formula is C11H18N4O. The molecule has 0 radical (unpaired) electrons. The van der Waals surface area contributed by atoms with Gasteiger partial charge < -0.3 is 10.6 Å². The van der Waals surface area contributed by atoms with Crippen LogP contribution in [0.25, 0.3) is 0 Å². The van der Waals surface area contributed by atoms with Crippen molar-refractivity contribution in [2.75, 3.05) is 12.4 Å². The van der Waals surface area contributed by atoms with Crippen LogP contribution in [0.4, 0.5) is 5.82 Å². The zero-order valence-electron chi connectivity index (χ0n) is 10.4. The van der Waals surface area contributed by atoms with Gasteiger partial charge in [-0.15, -0.1) is 0 Å². The Morgan fingerprint density at radius 2 is 1.94 bits per heavy atom. The summed E-state index contributed by atoms with van der Waals surface area (Å²) in [5.74, 6) is 1.07. The molecule has 0 fully saturated rings. The van der Waals surface area contributed by atoms with Crippen LogP contribution in [-0.2, 0) is 4.79 Å². The molecule has 0 aromatic carbocycles. The second-order valence-corrected chi connectivity index (χ2v) is 4.27. The summed E-state index contributed by atoms with van der Waals surface area (Å²) in [6.07, 6.45) is 0. The molecule has 5 nitrogen and oxygen atoms in total. The van der Waals surface area contributed by atoms with E-state index in [1.807, 2.05) is 20.8 Å². The molecule has 0 atom stereocenters. The van der Waals surface area contributed by atoms with Crippen molar-refractivity contribution in [3.05, 3.63) is 17.6 Å². The summed E-state index contributed by atoms with van der Waals surface area (Å²) in [7, 11) is 1.75. The number of amides is 1. The fourth-order valence-electron chi connectivity index (χ4n) is 1.17. The fourth-order valence-corrected chi connectivity index (χ4v) is 1.17. The zero-order chi connectivity index (χ0) is 12.3. The smallest absolute Gasteiger partial charge is 0.245 e. The van der Waals surface area contributed by atoms with Crippen LogP contribution in [0.2, 0.25) is 0 Å². The van der Waals surface area contributed by atoms with E-state index in [9.17, 15) is 4.79 Å². The van der Waals surface area contributed by atoms with Crippen LogP contribution in [0.5, 0.6) is 0 Å². The maximum atomic E-state index is 11.9. The van der Waals surface area contributed by atoms with E-state index in [2.05, 4.69) is 20.6 Å². The number of carbonyl (C=O) groups is 1. The van der Waals surface area contributed by atoms with E-state index in [1.165, 1.54) is 0 Å². The maximum Gasteiger partial charge on any atom is 0.245 e. The molecule has 0 aliphatic carbocycles. The average molecular weight is 222 g/mol. The van der Waals surface area contributed by atoms with Crippen molar-refractivity contribution in [1.82, 2.24) is 15.3 Å². The molecule has 5 heteroatoms. The molecule has 2 N–H and O–H groups in total. The minimum absolute atomic E-state index is 0.118. The van der Waals surface area contributed by atoms with Crippen LogP contribution in [0, 0.1) is 13.8 Å². The monoisotopic (exact) mass is 222 g/mol. The quantitative estimate of drug-likeness (QED) is 0.801. The molecule has 88 valence electrons. The highest BCUT2D eigenvalue weighted by Gasteiger charge is 2.25. The van der Waals surface area contributed by atoms with E-state index in [-0.39, 0.29) is 5.91 Å². The minimum Gasteiger partial charge on any atom is -0.309 e. The van der Waals surface area contributed by atoms with Gasteiger partial charge in [0.25, 0.3) is 0 Å². The van der Waals surface area contributed by atoms with Crippen molar-refractivity contribution in [2.45, 2.75) is 33.2 Å². The fraction of sp³-hybridized carbons (Fsp3) is 0.545. The molecule has 0 spiro atoms. The number of aryl methyl sites for hydroxylation is 2. The van der Waals surface area contributed by atoms with Crippen molar-refractivity contribution in [3.63, 3.8) is 0 Å². The summed E-state index contributed by atoms with van der Waals surface area (Å²) in [5, 5.41) is 5.70. The van der Waals surface area contributed by atoms with Gasteiger partial charge in [-0.3, -0.25) is 4.79 Å². The van der Waals surface area contributed by atoms with Gasteiger partial charge in [-0.2, -0.15) is 0 Å². The Bertz CT molecular complexity index is 381. The predicted octanol–water partition coefficient (Wildman–Crippen LogP) is 1.03. The molecule has 1 aromatic rings. The first-order valence-corrected chi connectivity index (χ1v) is 5.18. The number of hydrogen-bond donors (Lipinski definition) is 2. The van der Waals surface area contributed by atoms with Crippen LogP contribution >= 0.6 is 0 Å². The van der Waals surface area contributed by atoms with Gasteiger partial charge in [0.2, 0.25) is 5.91 Å². The van der Waals surface area contributed by atoms with E-state index in [1.54, 1.807) is 20.0 Å². The Hall–Kier alpha value is -1.49. The van der Waals surface area contributed by atoms with Crippen molar-refractivity contribution in [2.24, 2.45) is 0 Å². The summed E-state index contributed by atoms with van der Waals surface area (Å²) in [6.45, 7) is 7.28. The second-order valence-electron chi connectivity index (χ2n) is 4.27. The first-order chi connectivity index (χ1) is 7.35. The molecule has 0 saturated carbocycles. The Morgan fingerprint density at radius 1 is 1.31 bits per heavy atom. The predicted molar refractivity (Wildman–Crippen MR) is 63.3 cm³/mol. The number of nitrogens with one attached hydrogen (secondary N) is 2. The highest BCUT2D eigenvalue weighted by Crippen LogP contribution is 2.09. The lowest BCUT2D eigenvalue weighted by atomic mass is 10.1. The topological polar surface area (TPSA) is 66.9 Å². The van der Waals surface area contributed by atoms with Crippen LogP contribution in [0.15, 0.2) is 6.07 Å². The number of anilines is 1. The van der Waals surface area contributed by atoms with Gasteiger partial charge in [0.15, 0.2) is 0 Å². The number of likely N-dealkylation sites (N-methyl/N-ethyl adjacent to an activating group) is 1. The van der Waals surface area contributed by atoms with E-state index >= 15 is 0 Å². The van der Waals surface area contributed by atoms with Crippen LogP contribution in [-0.4, -0.2) is 28.5 Å². The molecular weight excluding hydrogens is 204 g/mol. The average Bonchev–Trinajstić information content (AvgIpc) is 2.15. The van der Waals surface area contributed by atoms with Crippen molar-refractivity contribution < 1.29 is 4.79 Å². The molecule has 0 aliphatic heterocycles. The lowest BCUT2D eigenvalue weighted by Gasteiger charge is -2.22. The van der Waals surface area contributed by atoms with E-state index in [0.29, 0.717) is 11.6 Å². The van der Waals surface area contributed by atoms with E-state index in [4.69, 9.17) is 0 Å². The summed E-state index contributed by atoms with van der Waals surface area (Å²) >= 11 is 0. The molecule has 0 aliphatic rings. The second kappa shape index (κ2) is 4.57. The minimum atomic E-state index is -0.618. The third-order valence-electron chi connectivity index (χ3n) is 2.40. The van der Waals surface area contributed by atoms with E-state index in [0.717, 1.165) is 5.69 Å². The summed E-state index contributed by atoms with van der Waals surface area (Å²) in [5.41, 5.74) is 0.220. The molecule has 1 heterocycles. The third-order valence-corrected chi connectivity index (χ3v) is 2.40. The highest BCUT2D eigenvalue weighted by atomic mass is 16.2. The third kappa shape index (κ3) is 3.00. The maximum absolute atomic E-state index is 11.9. The first kappa shape index (κ1) is 12.6. The van der Waals surface area contributed by atoms with Crippen LogP contribution in [0.3, 0.4) is 0 Å². The van der Waals surface area contributed by atoms with E-state index < -0.39 is 5.54 Å². The molecule has 0 saturated heterocycles. The number of carbonyl (C=O) groups excluding carboxylic acids is 1. The molecule has 16 heavy (non-hydrogen) atoms. The number of aromatic nitrogens is 2. The number of hydrogen-bond acceptors (Lipinski definition) is 4. The SMILES string of the molecule is CNC(C)(C)C(=O)Nc1cc(C)nc(C)n1. The van der Waals surface area contributed by atoms with Gasteiger partial charge in [0, 0.05) is 11.8 Å². The highest BCUT2D eigenvalue weighted by molar-refractivity contribution is 5.96. The van der Waals surface area contributed by atoms with Gasteiger partial charge in [-0.05, 0) is 34.7 Å². The Morgan fingerprint density at radius 3 is 2.44 bits per heavy atom. The van der Waals surface area contributed by atoms with Crippen LogP contribution < -0.4 is 10.6 Å². The van der Waals surface area contributed by atoms with Gasteiger partial charge in [0.05, 0.1) is 5.54 Å². The van der Waals surface area contributed by atoms with Crippen molar-refractivity contribution in [1.29, 1.82) is 0 Å². The standard InChI is InChI=1S/C11H18N4O/c1-7-6-9(14-8(2)13-7)15-10(16)11(3,4)12-5/h6,12H,1-5H3,(H,13,14,15,16). The normalized spacial score (nSPS) is 11.3. The molecule has 1 amide bonds. The number of rotatable bonds is 3. The first-order valence-electron chi connectivity index (χ1n) is 5.18. The molecule has 1 aromatic heterocycles. The molecule has 0 bridgehead atoms. The molecule has 1 rings (SSSR count). The lowest BCUT2D eigenvalue weighted by Crippen LogP contribution is -2.48. The van der Waals surface area contributed by atoms with Crippen molar-refractivity contribution in [3.8, 4) is 0 Å². The van der Waals surface area contributed by atoms with Crippen LogP contribution in [0.1, 0.15) is 25.4 Å². The van der Waals surface area contributed by atoms with Gasteiger partial charge in [-0.25, -0.2) is 9.97 Å². The molecule has 0 unspecified atom stereocenters. The van der Waals surface area contributed by atoms with Gasteiger partial charge in [0.1, 0.15) is 11.6 Å². The Balaban J connectivity index is 2.85. The lowest BCUT2D eigenvalue weighted by molar-refractivity contribution is -0.121. The van der Waals surface area contributed by atoms with Crippen molar-refractivity contribution >= 4 is 11.7 Å². The summed E-state index contributed by atoms with van der Waals surface area (Å²) in [6, 6.07) is 1.75. The largest absolute Gasteiger partial charge is 0.309 e. The Kier molecular flexibility index (Phi) is 3.59. The number of nitrogens with zero attached hydrogens (tertiary/aromatic N) is 2. The summed E-state index contributed by atoms with van der Waals surface area (Å²) < 4.78 is 0. The Labute approximate surface area is 95.7 Å². The summed E-state index contributed by atoms with van der Waals surface area (Å²) in [4.78, 5) is 20.2. The zero-order valence-corrected chi connectivity index (χ0v) is 10.4. The van der Waals surface area contributed by atoms with Gasteiger partial charge in [-0.1, -0.05) is 0 Å².